The SMILES string of the molecule is CC1(C)c2cc3c(cc2-c2ccc4ccccc4c21)c1ccccc1n3-c1cccc(-c2nc(-c3cccc4oc5ccccc5c34)nc(-c3cccc4oc5ccccc5c34)n2)c1. The summed E-state index contributed by atoms with van der Waals surface area (Å²) in [5, 5.41) is 8.99. The number of fused-ring (bicyclic) bond motifs is 14. The molecule has 0 bridgehead atoms. The maximum Gasteiger partial charge on any atom is 0.164 e. The number of hydrogen-bond donors (Lipinski definition) is 0. The van der Waals surface area contributed by atoms with Gasteiger partial charge in [-0.25, -0.2) is 15.0 Å². The van der Waals surface area contributed by atoms with Gasteiger partial charge in [0, 0.05) is 60.1 Å². The van der Waals surface area contributed by atoms with Gasteiger partial charge < -0.3 is 13.4 Å². The molecular weight excluding hydrogens is 785 g/mol. The summed E-state index contributed by atoms with van der Waals surface area (Å²) >= 11 is 0. The summed E-state index contributed by atoms with van der Waals surface area (Å²) in [6, 6.07) is 64.1. The molecule has 64 heavy (non-hydrogen) atoms. The quantitative estimate of drug-likeness (QED) is 0.177. The van der Waals surface area contributed by atoms with Crippen molar-refractivity contribution in [3.8, 4) is 51.0 Å². The van der Waals surface area contributed by atoms with E-state index in [0.29, 0.717) is 17.5 Å². The molecule has 13 aromatic rings. The molecule has 14 rings (SSSR count). The van der Waals surface area contributed by atoms with E-state index in [9.17, 15) is 0 Å². The normalized spacial score (nSPS) is 13.3. The van der Waals surface area contributed by atoms with Gasteiger partial charge in [0.1, 0.15) is 22.3 Å². The van der Waals surface area contributed by atoms with Crippen molar-refractivity contribution < 1.29 is 8.83 Å². The fraction of sp³-hybridized carbons (Fsp3) is 0.0517. The Kier molecular flexibility index (Phi) is 7.08. The number of nitrogens with zero attached hydrogens (tertiary/aromatic N) is 4. The molecule has 300 valence electrons. The largest absolute Gasteiger partial charge is 0.456 e. The molecule has 4 aromatic heterocycles. The standard InChI is InChI=1S/C58H36N4O2/c1-58(2)45-32-47-44(31-43(45)38-29-28-33-14-3-4-17-36(33)54(38)58)37-18-5-8-23-46(37)62(47)35-16-11-15-34(30-35)55-59-56(41-21-12-26-50-52(41)39-19-6-9-24-48(39)63-50)61-57(60-55)42-22-13-27-51-53(42)40-20-7-10-25-49(40)64-51/h3-32H,1-2H3. The van der Waals surface area contributed by atoms with E-state index in [2.05, 4.69) is 140 Å². The van der Waals surface area contributed by atoms with Gasteiger partial charge in [-0.05, 0) is 87.6 Å². The number of aromatic nitrogens is 4. The fourth-order valence-electron chi connectivity index (χ4n) is 10.8. The van der Waals surface area contributed by atoms with Crippen molar-refractivity contribution in [2.45, 2.75) is 19.3 Å². The first-order chi connectivity index (χ1) is 31.5. The predicted octanol–water partition coefficient (Wildman–Crippen LogP) is 15.2. The van der Waals surface area contributed by atoms with Gasteiger partial charge >= 0.3 is 0 Å². The lowest BCUT2D eigenvalue weighted by atomic mass is 9.80. The van der Waals surface area contributed by atoms with Crippen LogP contribution in [-0.2, 0) is 5.41 Å². The molecule has 0 saturated carbocycles. The van der Waals surface area contributed by atoms with Gasteiger partial charge in [-0.3, -0.25) is 0 Å². The zero-order valence-corrected chi connectivity index (χ0v) is 34.9. The molecule has 6 heteroatoms. The smallest absolute Gasteiger partial charge is 0.164 e. The lowest BCUT2D eigenvalue weighted by molar-refractivity contribution is 0.667. The number of hydrogen-bond acceptors (Lipinski definition) is 5. The van der Waals surface area contributed by atoms with Crippen LogP contribution in [0.25, 0.3) is 127 Å². The summed E-state index contributed by atoms with van der Waals surface area (Å²) in [6.45, 7) is 4.75. The van der Waals surface area contributed by atoms with E-state index < -0.39 is 0 Å². The van der Waals surface area contributed by atoms with Crippen LogP contribution >= 0.6 is 0 Å². The highest BCUT2D eigenvalue weighted by Gasteiger charge is 2.38. The van der Waals surface area contributed by atoms with Gasteiger partial charge in [0.15, 0.2) is 17.5 Å². The number of benzene rings is 9. The van der Waals surface area contributed by atoms with Crippen LogP contribution in [0.3, 0.4) is 0 Å². The zero-order chi connectivity index (χ0) is 42.3. The Morgan fingerprint density at radius 3 is 1.69 bits per heavy atom. The molecular formula is C58H36N4O2. The first-order valence-electron chi connectivity index (χ1n) is 21.8. The van der Waals surface area contributed by atoms with Crippen molar-refractivity contribution in [2.24, 2.45) is 0 Å². The van der Waals surface area contributed by atoms with Gasteiger partial charge in [-0.15, -0.1) is 0 Å². The maximum atomic E-state index is 6.36. The lowest BCUT2D eigenvalue weighted by Crippen LogP contribution is -2.15. The minimum absolute atomic E-state index is 0.202. The van der Waals surface area contributed by atoms with E-state index in [-0.39, 0.29) is 5.41 Å². The van der Waals surface area contributed by atoms with Crippen LogP contribution in [0.1, 0.15) is 25.0 Å². The van der Waals surface area contributed by atoms with E-state index in [1.165, 1.54) is 43.8 Å². The van der Waals surface area contributed by atoms with Gasteiger partial charge in [0.2, 0.25) is 0 Å². The molecule has 0 spiro atoms. The lowest BCUT2D eigenvalue weighted by Gasteiger charge is -2.23. The van der Waals surface area contributed by atoms with Gasteiger partial charge in [0.25, 0.3) is 0 Å². The molecule has 0 unspecified atom stereocenters. The van der Waals surface area contributed by atoms with Crippen LogP contribution in [0.4, 0.5) is 0 Å². The van der Waals surface area contributed by atoms with Gasteiger partial charge in [-0.2, -0.15) is 0 Å². The summed E-state index contributed by atoms with van der Waals surface area (Å²) in [5.74, 6) is 1.70. The average Bonchev–Trinajstić information content (AvgIpc) is 4.07. The third-order valence-corrected chi connectivity index (χ3v) is 13.6. The zero-order valence-electron chi connectivity index (χ0n) is 34.9. The summed E-state index contributed by atoms with van der Waals surface area (Å²) in [5.41, 5.74) is 14.3. The predicted molar refractivity (Wildman–Crippen MR) is 260 cm³/mol. The first kappa shape index (κ1) is 35.3. The Balaban J connectivity index is 1.00. The molecule has 0 atom stereocenters. The van der Waals surface area contributed by atoms with E-state index in [1.54, 1.807) is 0 Å². The van der Waals surface area contributed by atoms with E-state index in [0.717, 1.165) is 77.3 Å². The number of furan rings is 2. The van der Waals surface area contributed by atoms with Crippen LogP contribution in [-0.4, -0.2) is 19.5 Å². The molecule has 0 fully saturated rings. The maximum absolute atomic E-state index is 6.36. The molecule has 6 nitrogen and oxygen atoms in total. The molecule has 1 aliphatic carbocycles. The van der Waals surface area contributed by atoms with Crippen LogP contribution < -0.4 is 0 Å². The highest BCUT2D eigenvalue weighted by Crippen LogP contribution is 2.53. The Labute approximate surface area is 366 Å². The Hall–Kier alpha value is -8.35. The minimum atomic E-state index is -0.202. The molecule has 4 heterocycles. The molecule has 0 saturated heterocycles. The highest BCUT2D eigenvalue weighted by atomic mass is 16.3. The van der Waals surface area contributed by atoms with Crippen molar-refractivity contribution in [3.05, 3.63) is 193 Å². The van der Waals surface area contributed by atoms with Crippen LogP contribution in [0, 0.1) is 0 Å². The molecule has 9 aromatic carbocycles. The van der Waals surface area contributed by atoms with Crippen molar-refractivity contribution >= 4 is 76.5 Å². The van der Waals surface area contributed by atoms with Crippen LogP contribution in [0.2, 0.25) is 0 Å². The van der Waals surface area contributed by atoms with Crippen molar-refractivity contribution in [3.63, 3.8) is 0 Å². The Morgan fingerprint density at radius 1 is 0.406 bits per heavy atom. The minimum Gasteiger partial charge on any atom is -0.456 e. The summed E-state index contributed by atoms with van der Waals surface area (Å²) in [7, 11) is 0. The Bertz CT molecular complexity index is 4000. The van der Waals surface area contributed by atoms with Crippen LogP contribution in [0.15, 0.2) is 191 Å². The van der Waals surface area contributed by atoms with Gasteiger partial charge in [0.05, 0.1) is 11.0 Å². The molecule has 0 amide bonds. The van der Waals surface area contributed by atoms with Crippen molar-refractivity contribution in [1.29, 1.82) is 0 Å². The molecule has 0 aliphatic heterocycles. The van der Waals surface area contributed by atoms with Gasteiger partial charge in [-0.1, -0.05) is 141 Å². The van der Waals surface area contributed by atoms with Crippen LogP contribution in [0.5, 0.6) is 0 Å². The summed E-state index contributed by atoms with van der Waals surface area (Å²) in [4.78, 5) is 16.0. The van der Waals surface area contributed by atoms with Crippen molar-refractivity contribution in [2.75, 3.05) is 0 Å². The van der Waals surface area contributed by atoms with E-state index in [1.807, 2.05) is 60.7 Å². The second kappa shape index (κ2) is 12.8. The molecule has 1 aliphatic rings. The topological polar surface area (TPSA) is 69.9 Å². The number of rotatable bonds is 4. The molecule has 0 radical (unpaired) electrons. The Morgan fingerprint density at radius 2 is 0.984 bits per heavy atom. The monoisotopic (exact) mass is 820 g/mol. The van der Waals surface area contributed by atoms with E-state index >= 15 is 0 Å². The summed E-state index contributed by atoms with van der Waals surface area (Å²) in [6.07, 6.45) is 0. The second-order valence-corrected chi connectivity index (χ2v) is 17.5. The summed E-state index contributed by atoms with van der Waals surface area (Å²) < 4.78 is 15.1. The third kappa shape index (κ3) is 4.88. The first-order valence-corrected chi connectivity index (χ1v) is 21.8. The fourth-order valence-corrected chi connectivity index (χ4v) is 10.8. The van der Waals surface area contributed by atoms with E-state index in [4.69, 9.17) is 23.8 Å². The molecule has 0 N–H and O–H groups in total. The van der Waals surface area contributed by atoms with Crippen molar-refractivity contribution in [1.82, 2.24) is 19.5 Å². The highest BCUT2D eigenvalue weighted by molar-refractivity contribution is 6.14. The average molecular weight is 821 g/mol. The number of para-hydroxylation sites is 3. The third-order valence-electron chi connectivity index (χ3n) is 13.6. The second-order valence-electron chi connectivity index (χ2n) is 17.5.